The van der Waals surface area contributed by atoms with E-state index in [1.165, 1.54) is 12.8 Å². The molecule has 1 N–H and O–H groups in total. The molecule has 0 spiro atoms. The van der Waals surface area contributed by atoms with E-state index in [4.69, 9.17) is 9.84 Å². The van der Waals surface area contributed by atoms with Gasteiger partial charge in [0.2, 0.25) is 0 Å². The first kappa shape index (κ1) is 11.0. The zero-order valence-corrected chi connectivity index (χ0v) is 8.67. The van der Waals surface area contributed by atoms with Crippen LogP contribution in [0.1, 0.15) is 45.4 Å². The second-order valence-electron chi connectivity index (χ2n) is 4.05. The Bertz CT molecular complexity index is 115. The number of hydrogen-bond acceptors (Lipinski definition) is 2. The number of aliphatic hydroxyl groups is 1. The van der Waals surface area contributed by atoms with Gasteiger partial charge in [0.05, 0.1) is 6.10 Å². The van der Waals surface area contributed by atoms with Gasteiger partial charge in [0.1, 0.15) is 0 Å². The second kappa shape index (κ2) is 6.39. The standard InChI is InChI=1S/C11H22O2/c1-2-3-8-13-11-6-4-10(9-12)5-7-11/h10-12H,2-9H2,1H3. The smallest absolute Gasteiger partial charge is 0.0575 e. The molecule has 2 nitrogen and oxygen atoms in total. The third-order valence-electron chi connectivity index (χ3n) is 2.90. The van der Waals surface area contributed by atoms with Crippen LogP contribution in [0.25, 0.3) is 0 Å². The molecule has 0 aliphatic heterocycles. The lowest BCUT2D eigenvalue weighted by atomic mass is 9.88. The molecule has 78 valence electrons. The summed E-state index contributed by atoms with van der Waals surface area (Å²) >= 11 is 0. The largest absolute Gasteiger partial charge is 0.396 e. The van der Waals surface area contributed by atoms with Gasteiger partial charge >= 0.3 is 0 Å². The van der Waals surface area contributed by atoms with Crippen LogP contribution in [-0.2, 0) is 4.74 Å². The van der Waals surface area contributed by atoms with Crippen molar-refractivity contribution in [3.05, 3.63) is 0 Å². The molecule has 0 radical (unpaired) electrons. The minimum atomic E-state index is 0.363. The Balaban J connectivity index is 2.03. The van der Waals surface area contributed by atoms with E-state index in [2.05, 4.69) is 6.92 Å². The Morgan fingerprint density at radius 3 is 2.46 bits per heavy atom. The van der Waals surface area contributed by atoms with Gasteiger partial charge in [0.15, 0.2) is 0 Å². The summed E-state index contributed by atoms with van der Waals surface area (Å²) in [6.45, 7) is 3.47. The summed E-state index contributed by atoms with van der Waals surface area (Å²) in [6.07, 6.45) is 7.46. The number of unbranched alkanes of at least 4 members (excludes halogenated alkanes) is 1. The highest BCUT2D eigenvalue weighted by molar-refractivity contribution is 4.71. The highest BCUT2D eigenvalue weighted by atomic mass is 16.5. The maximum Gasteiger partial charge on any atom is 0.0575 e. The van der Waals surface area contributed by atoms with Gasteiger partial charge in [-0.05, 0) is 38.0 Å². The molecule has 1 aliphatic rings. The van der Waals surface area contributed by atoms with E-state index in [1.807, 2.05) is 0 Å². The van der Waals surface area contributed by atoms with Crippen LogP contribution in [0.4, 0.5) is 0 Å². The van der Waals surface area contributed by atoms with Crippen LogP contribution in [0.15, 0.2) is 0 Å². The van der Waals surface area contributed by atoms with Gasteiger partial charge in [0.25, 0.3) is 0 Å². The molecular weight excluding hydrogens is 164 g/mol. The van der Waals surface area contributed by atoms with Crippen molar-refractivity contribution in [2.24, 2.45) is 5.92 Å². The van der Waals surface area contributed by atoms with Gasteiger partial charge in [-0.1, -0.05) is 13.3 Å². The van der Waals surface area contributed by atoms with Crippen LogP contribution in [0, 0.1) is 5.92 Å². The molecule has 0 bridgehead atoms. The highest BCUT2D eigenvalue weighted by Gasteiger charge is 2.20. The molecule has 0 heterocycles. The topological polar surface area (TPSA) is 29.5 Å². The Kier molecular flexibility index (Phi) is 5.40. The number of hydrogen-bond donors (Lipinski definition) is 1. The van der Waals surface area contributed by atoms with E-state index >= 15 is 0 Å². The molecule has 0 aromatic rings. The summed E-state index contributed by atoms with van der Waals surface area (Å²) in [5, 5.41) is 8.95. The van der Waals surface area contributed by atoms with Crippen molar-refractivity contribution in [1.82, 2.24) is 0 Å². The van der Waals surface area contributed by atoms with Crippen molar-refractivity contribution >= 4 is 0 Å². The van der Waals surface area contributed by atoms with Gasteiger partial charge < -0.3 is 9.84 Å². The van der Waals surface area contributed by atoms with Crippen molar-refractivity contribution in [3.8, 4) is 0 Å². The number of rotatable bonds is 5. The van der Waals surface area contributed by atoms with Gasteiger partial charge in [-0.2, -0.15) is 0 Å². The van der Waals surface area contributed by atoms with E-state index in [1.54, 1.807) is 0 Å². The SMILES string of the molecule is CCCCOC1CCC(CO)CC1. The third-order valence-corrected chi connectivity index (χ3v) is 2.90. The third kappa shape index (κ3) is 4.10. The fourth-order valence-corrected chi connectivity index (χ4v) is 1.88. The highest BCUT2D eigenvalue weighted by Crippen LogP contribution is 2.25. The van der Waals surface area contributed by atoms with E-state index in [0.717, 1.165) is 32.3 Å². The van der Waals surface area contributed by atoms with Crippen molar-refractivity contribution in [2.45, 2.75) is 51.6 Å². The quantitative estimate of drug-likeness (QED) is 0.668. The molecule has 1 aliphatic carbocycles. The van der Waals surface area contributed by atoms with Crippen LogP contribution in [0.2, 0.25) is 0 Å². The molecule has 0 aromatic carbocycles. The van der Waals surface area contributed by atoms with Crippen LogP contribution < -0.4 is 0 Å². The minimum Gasteiger partial charge on any atom is -0.396 e. The zero-order chi connectivity index (χ0) is 9.52. The van der Waals surface area contributed by atoms with Crippen LogP contribution >= 0.6 is 0 Å². The molecule has 13 heavy (non-hydrogen) atoms. The predicted octanol–water partition coefficient (Wildman–Crippen LogP) is 2.35. The average Bonchev–Trinajstić information content (AvgIpc) is 2.19. The summed E-state index contributed by atoms with van der Waals surface area (Å²) in [4.78, 5) is 0. The monoisotopic (exact) mass is 186 g/mol. The summed E-state index contributed by atoms with van der Waals surface area (Å²) in [5.74, 6) is 0.547. The molecule has 1 saturated carbocycles. The Morgan fingerprint density at radius 1 is 1.23 bits per heavy atom. The molecule has 1 rings (SSSR count). The molecule has 1 fully saturated rings. The maximum atomic E-state index is 8.95. The van der Waals surface area contributed by atoms with E-state index < -0.39 is 0 Å². The Morgan fingerprint density at radius 2 is 1.92 bits per heavy atom. The molecule has 0 unspecified atom stereocenters. The Labute approximate surface area is 81.3 Å². The molecule has 0 atom stereocenters. The van der Waals surface area contributed by atoms with Crippen LogP contribution in [0.3, 0.4) is 0 Å². The lowest BCUT2D eigenvalue weighted by Gasteiger charge is -2.27. The van der Waals surface area contributed by atoms with Gasteiger partial charge in [0, 0.05) is 13.2 Å². The predicted molar refractivity (Wildman–Crippen MR) is 53.7 cm³/mol. The van der Waals surface area contributed by atoms with Crippen molar-refractivity contribution in [1.29, 1.82) is 0 Å². The van der Waals surface area contributed by atoms with E-state index in [0.29, 0.717) is 18.6 Å². The molecule has 0 aromatic heterocycles. The van der Waals surface area contributed by atoms with E-state index in [-0.39, 0.29) is 0 Å². The lowest BCUT2D eigenvalue weighted by molar-refractivity contribution is 0.0102. The molecular formula is C11H22O2. The van der Waals surface area contributed by atoms with Gasteiger partial charge in [-0.3, -0.25) is 0 Å². The first-order valence-corrected chi connectivity index (χ1v) is 5.59. The molecule has 0 amide bonds. The fourth-order valence-electron chi connectivity index (χ4n) is 1.88. The summed E-state index contributed by atoms with van der Waals surface area (Å²) < 4.78 is 5.73. The minimum absolute atomic E-state index is 0.363. The normalized spacial score (nSPS) is 29.1. The first-order valence-electron chi connectivity index (χ1n) is 5.59. The maximum absolute atomic E-state index is 8.95. The Hall–Kier alpha value is -0.0800. The zero-order valence-electron chi connectivity index (χ0n) is 8.67. The second-order valence-corrected chi connectivity index (χ2v) is 4.05. The summed E-state index contributed by atoms with van der Waals surface area (Å²) in [6, 6.07) is 0. The number of aliphatic hydroxyl groups excluding tert-OH is 1. The summed E-state index contributed by atoms with van der Waals surface area (Å²) in [7, 11) is 0. The van der Waals surface area contributed by atoms with Crippen LogP contribution in [-0.4, -0.2) is 24.4 Å². The lowest BCUT2D eigenvalue weighted by Crippen LogP contribution is -2.23. The molecule has 2 heteroatoms. The van der Waals surface area contributed by atoms with Crippen molar-refractivity contribution in [3.63, 3.8) is 0 Å². The molecule has 0 saturated heterocycles. The van der Waals surface area contributed by atoms with Gasteiger partial charge in [-0.25, -0.2) is 0 Å². The first-order chi connectivity index (χ1) is 6.36. The van der Waals surface area contributed by atoms with Crippen molar-refractivity contribution in [2.75, 3.05) is 13.2 Å². The van der Waals surface area contributed by atoms with E-state index in [9.17, 15) is 0 Å². The average molecular weight is 186 g/mol. The summed E-state index contributed by atoms with van der Waals surface area (Å²) in [5.41, 5.74) is 0. The van der Waals surface area contributed by atoms with Crippen molar-refractivity contribution < 1.29 is 9.84 Å². The van der Waals surface area contributed by atoms with Crippen LogP contribution in [0.5, 0.6) is 0 Å². The van der Waals surface area contributed by atoms with Gasteiger partial charge in [-0.15, -0.1) is 0 Å². The fraction of sp³-hybridized carbons (Fsp3) is 1.00. The number of ether oxygens (including phenoxy) is 1.